The predicted molar refractivity (Wildman–Crippen MR) is 78.0 cm³/mol. The predicted octanol–water partition coefficient (Wildman–Crippen LogP) is 3.23. The molecule has 20 heavy (non-hydrogen) atoms. The fourth-order valence-corrected chi connectivity index (χ4v) is 2.62. The molecule has 0 radical (unpaired) electrons. The van der Waals surface area contributed by atoms with Crippen molar-refractivity contribution in [2.45, 2.75) is 25.7 Å². The molecule has 1 amide bonds. The van der Waals surface area contributed by atoms with Crippen molar-refractivity contribution in [3.05, 3.63) is 29.3 Å². The number of ether oxygens (including phenoxy) is 1. The standard InChI is InChI=1S/C15H20ClNO3/c16-13-5-7-14(8-6-13)20-15(19)17-9-11-1-3-12(10-18)4-2-11/h5-8,11-12,18H,1-4,9-10H2,(H,17,19). The molecule has 0 unspecified atom stereocenters. The summed E-state index contributed by atoms with van der Waals surface area (Å²) >= 11 is 5.76. The fraction of sp³-hybridized carbons (Fsp3) is 0.533. The lowest BCUT2D eigenvalue weighted by Gasteiger charge is -2.27. The molecule has 1 aromatic rings. The molecule has 4 nitrogen and oxygen atoms in total. The molecule has 0 aliphatic heterocycles. The van der Waals surface area contributed by atoms with E-state index < -0.39 is 6.09 Å². The van der Waals surface area contributed by atoms with Gasteiger partial charge in [-0.1, -0.05) is 11.6 Å². The SMILES string of the molecule is O=C(NCC1CCC(CO)CC1)Oc1ccc(Cl)cc1. The van der Waals surface area contributed by atoms with Crippen LogP contribution in [-0.4, -0.2) is 24.4 Å². The number of nitrogens with one attached hydrogen (secondary N) is 1. The average molecular weight is 298 g/mol. The first kappa shape index (κ1) is 15.1. The molecule has 0 bridgehead atoms. The fourth-order valence-electron chi connectivity index (χ4n) is 2.49. The minimum absolute atomic E-state index is 0.277. The molecule has 0 aromatic heterocycles. The third-order valence-corrected chi connectivity index (χ3v) is 4.04. The Morgan fingerprint density at radius 3 is 2.40 bits per heavy atom. The van der Waals surface area contributed by atoms with Crippen molar-refractivity contribution in [2.24, 2.45) is 11.8 Å². The van der Waals surface area contributed by atoms with E-state index in [1.165, 1.54) is 0 Å². The van der Waals surface area contributed by atoms with Crippen LogP contribution in [0, 0.1) is 11.8 Å². The lowest BCUT2D eigenvalue weighted by Crippen LogP contribution is -2.33. The second-order valence-electron chi connectivity index (χ2n) is 5.29. The Morgan fingerprint density at radius 1 is 1.20 bits per heavy atom. The van der Waals surface area contributed by atoms with Gasteiger partial charge in [0.15, 0.2) is 0 Å². The Morgan fingerprint density at radius 2 is 1.80 bits per heavy atom. The van der Waals surface area contributed by atoms with Crippen molar-refractivity contribution in [2.75, 3.05) is 13.2 Å². The minimum Gasteiger partial charge on any atom is -0.410 e. The second kappa shape index (κ2) is 7.50. The molecule has 2 N–H and O–H groups in total. The quantitative estimate of drug-likeness (QED) is 0.897. The summed E-state index contributed by atoms with van der Waals surface area (Å²) in [5, 5.41) is 12.5. The van der Waals surface area contributed by atoms with Gasteiger partial charge in [-0.2, -0.15) is 0 Å². The van der Waals surface area contributed by atoms with Crippen molar-refractivity contribution in [1.82, 2.24) is 5.32 Å². The molecule has 1 aromatic carbocycles. The normalized spacial score (nSPS) is 22.3. The first-order chi connectivity index (χ1) is 9.67. The number of rotatable bonds is 4. The maximum absolute atomic E-state index is 11.7. The number of carbonyl (C=O) groups is 1. The van der Waals surface area contributed by atoms with Crippen molar-refractivity contribution >= 4 is 17.7 Å². The summed E-state index contributed by atoms with van der Waals surface area (Å²) in [5.74, 6) is 1.40. The molecule has 0 spiro atoms. The highest BCUT2D eigenvalue weighted by atomic mass is 35.5. The van der Waals surface area contributed by atoms with Gasteiger partial charge in [-0.25, -0.2) is 4.79 Å². The highest BCUT2D eigenvalue weighted by Crippen LogP contribution is 2.27. The number of halogens is 1. The molecule has 0 saturated heterocycles. The molecule has 2 rings (SSSR count). The molecule has 0 atom stereocenters. The highest BCUT2D eigenvalue weighted by Gasteiger charge is 2.21. The van der Waals surface area contributed by atoms with Crippen molar-refractivity contribution in [3.63, 3.8) is 0 Å². The lowest BCUT2D eigenvalue weighted by molar-refractivity contribution is 0.162. The molecule has 1 saturated carbocycles. The van der Waals surface area contributed by atoms with E-state index in [1.807, 2.05) is 0 Å². The van der Waals surface area contributed by atoms with Crippen molar-refractivity contribution in [1.29, 1.82) is 0 Å². The van der Waals surface area contributed by atoms with E-state index in [4.69, 9.17) is 21.4 Å². The smallest absolute Gasteiger partial charge is 0.410 e. The third-order valence-electron chi connectivity index (χ3n) is 3.78. The van der Waals surface area contributed by atoms with Gasteiger partial charge in [0.25, 0.3) is 0 Å². The zero-order valence-corrected chi connectivity index (χ0v) is 12.1. The van der Waals surface area contributed by atoms with Gasteiger partial charge in [-0.15, -0.1) is 0 Å². The number of amides is 1. The molecule has 1 fully saturated rings. The number of aliphatic hydroxyl groups excluding tert-OH is 1. The summed E-state index contributed by atoms with van der Waals surface area (Å²) in [5.41, 5.74) is 0. The average Bonchev–Trinajstić information content (AvgIpc) is 2.48. The van der Waals surface area contributed by atoms with Crippen LogP contribution in [0.5, 0.6) is 5.75 Å². The van der Waals surface area contributed by atoms with E-state index in [0.717, 1.165) is 25.7 Å². The summed E-state index contributed by atoms with van der Waals surface area (Å²) in [4.78, 5) is 11.7. The van der Waals surface area contributed by atoms with E-state index in [0.29, 0.717) is 29.2 Å². The van der Waals surface area contributed by atoms with Gasteiger partial charge in [0.1, 0.15) is 5.75 Å². The monoisotopic (exact) mass is 297 g/mol. The van der Waals surface area contributed by atoms with Crippen LogP contribution in [0.25, 0.3) is 0 Å². The van der Waals surface area contributed by atoms with Crippen LogP contribution < -0.4 is 10.1 Å². The van der Waals surface area contributed by atoms with Crippen LogP contribution in [0.4, 0.5) is 4.79 Å². The Kier molecular flexibility index (Phi) is 5.68. The van der Waals surface area contributed by atoms with E-state index in [1.54, 1.807) is 24.3 Å². The second-order valence-corrected chi connectivity index (χ2v) is 5.73. The Labute approximate surface area is 124 Å². The summed E-state index contributed by atoms with van der Waals surface area (Å²) in [6, 6.07) is 6.68. The zero-order chi connectivity index (χ0) is 14.4. The number of hydrogen-bond donors (Lipinski definition) is 2. The van der Waals surface area contributed by atoms with Gasteiger partial charge in [0.05, 0.1) is 0 Å². The van der Waals surface area contributed by atoms with Crippen LogP contribution >= 0.6 is 11.6 Å². The molecule has 5 heteroatoms. The topological polar surface area (TPSA) is 58.6 Å². The third kappa shape index (κ3) is 4.69. The van der Waals surface area contributed by atoms with Gasteiger partial charge in [-0.3, -0.25) is 0 Å². The van der Waals surface area contributed by atoms with Crippen LogP contribution in [0.15, 0.2) is 24.3 Å². The van der Waals surface area contributed by atoms with E-state index in [-0.39, 0.29) is 6.61 Å². The molecule has 1 aliphatic carbocycles. The molecule has 0 heterocycles. The molecule has 110 valence electrons. The number of benzene rings is 1. The van der Waals surface area contributed by atoms with Gasteiger partial charge < -0.3 is 15.2 Å². The summed E-state index contributed by atoms with van der Waals surface area (Å²) in [6.45, 7) is 0.906. The Bertz CT molecular complexity index is 427. The highest BCUT2D eigenvalue weighted by molar-refractivity contribution is 6.30. The summed E-state index contributed by atoms with van der Waals surface area (Å²) < 4.78 is 5.15. The first-order valence-corrected chi connectivity index (χ1v) is 7.37. The summed E-state index contributed by atoms with van der Waals surface area (Å²) in [7, 11) is 0. The van der Waals surface area contributed by atoms with Crippen molar-refractivity contribution < 1.29 is 14.6 Å². The number of aliphatic hydroxyl groups is 1. The van der Waals surface area contributed by atoms with Gasteiger partial charge in [-0.05, 0) is 61.8 Å². The molecular weight excluding hydrogens is 278 g/mol. The van der Waals surface area contributed by atoms with E-state index >= 15 is 0 Å². The van der Waals surface area contributed by atoms with Crippen LogP contribution in [-0.2, 0) is 0 Å². The Hall–Kier alpha value is -1.26. The maximum atomic E-state index is 11.7. The van der Waals surface area contributed by atoms with Gasteiger partial charge >= 0.3 is 6.09 Å². The lowest BCUT2D eigenvalue weighted by atomic mass is 9.82. The molecule has 1 aliphatic rings. The summed E-state index contributed by atoms with van der Waals surface area (Å²) in [6.07, 6.45) is 3.74. The van der Waals surface area contributed by atoms with E-state index in [2.05, 4.69) is 5.32 Å². The van der Waals surface area contributed by atoms with Crippen molar-refractivity contribution in [3.8, 4) is 5.75 Å². The van der Waals surface area contributed by atoms with Crippen LogP contribution in [0.1, 0.15) is 25.7 Å². The maximum Gasteiger partial charge on any atom is 0.412 e. The van der Waals surface area contributed by atoms with Gasteiger partial charge in [0.2, 0.25) is 0 Å². The van der Waals surface area contributed by atoms with E-state index in [9.17, 15) is 4.79 Å². The number of carbonyl (C=O) groups excluding carboxylic acids is 1. The Balaban J connectivity index is 1.69. The van der Waals surface area contributed by atoms with Gasteiger partial charge in [0, 0.05) is 18.2 Å². The number of hydrogen-bond acceptors (Lipinski definition) is 3. The molecular formula is C15H20ClNO3. The first-order valence-electron chi connectivity index (χ1n) is 6.99. The van der Waals surface area contributed by atoms with Crippen LogP contribution in [0.3, 0.4) is 0 Å². The minimum atomic E-state index is -0.434. The zero-order valence-electron chi connectivity index (χ0n) is 11.3. The van der Waals surface area contributed by atoms with Crippen LogP contribution in [0.2, 0.25) is 5.02 Å². The largest absolute Gasteiger partial charge is 0.412 e.